The zero-order valence-corrected chi connectivity index (χ0v) is 12.5. The summed E-state index contributed by atoms with van der Waals surface area (Å²) in [6, 6.07) is 12.3. The molecule has 2 aromatic carbocycles. The Kier molecular flexibility index (Phi) is 4.32. The van der Waals surface area contributed by atoms with Gasteiger partial charge in [-0.1, -0.05) is 35.3 Å². The Morgan fingerprint density at radius 3 is 2.20 bits per heavy atom. The molecule has 0 aliphatic rings. The van der Waals surface area contributed by atoms with E-state index in [4.69, 9.17) is 28.9 Å². The van der Waals surface area contributed by atoms with E-state index in [2.05, 4.69) is 4.40 Å². The lowest BCUT2D eigenvalue weighted by Crippen LogP contribution is -2.16. The van der Waals surface area contributed by atoms with Gasteiger partial charge in [0.15, 0.2) is 0 Å². The van der Waals surface area contributed by atoms with E-state index < -0.39 is 10.0 Å². The SMILES string of the molecule is N/C(=N\S(=O)(=O)c1ccc(Cl)cc1)c1ccccc1Cl. The maximum atomic E-state index is 12.1. The Morgan fingerprint density at radius 2 is 1.60 bits per heavy atom. The number of halogens is 2. The number of nitrogens with two attached hydrogens (primary N) is 1. The van der Waals surface area contributed by atoms with Crippen LogP contribution in [0.25, 0.3) is 0 Å². The molecular weight excluding hydrogens is 319 g/mol. The van der Waals surface area contributed by atoms with Crippen molar-refractivity contribution in [3.8, 4) is 0 Å². The lowest BCUT2D eigenvalue weighted by molar-refractivity contribution is 0.598. The summed E-state index contributed by atoms with van der Waals surface area (Å²) in [6.45, 7) is 0. The van der Waals surface area contributed by atoms with Crippen molar-refractivity contribution < 1.29 is 8.42 Å². The molecule has 0 aliphatic carbocycles. The Bertz CT molecular complexity index is 756. The number of amidine groups is 1. The van der Waals surface area contributed by atoms with Crippen LogP contribution in [0.3, 0.4) is 0 Å². The van der Waals surface area contributed by atoms with Crippen LogP contribution in [0.2, 0.25) is 10.0 Å². The fourth-order valence-electron chi connectivity index (χ4n) is 1.51. The van der Waals surface area contributed by atoms with Crippen molar-refractivity contribution in [2.24, 2.45) is 10.1 Å². The zero-order chi connectivity index (χ0) is 14.8. The highest BCUT2D eigenvalue weighted by Crippen LogP contribution is 2.19. The van der Waals surface area contributed by atoms with E-state index in [1.165, 1.54) is 24.3 Å². The van der Waals surface area contributed by atoms with Gasteiger partial charge in [-0.2, -0.15) is 8.42 Å². The standard InChI is InChI=1S/C13H10Cl2N2O2S/c14-9-5-7-10(8-6-9)20(18,19)17-13(16)11-3-1-2-4-12(11)15/h1-8H,(H2,16,17). The minimum atomic E-state index is -3.90. The number of benzene rings is 2. The first-order valence-corrected chi connectivity index (χ1v) is 7.70. The maximum Gasteiger partial charge on any atom is 0.284 e. The van der Waals surface area contributed by atoms with Gasteiger partial charge in [-0.3, -0.25) is 0 Å². The summed E-state index contributed by atoms with van der Waals surface area (Å²) in [6.07, 6.45) is 0. The second-order valence-electron chi connectivity index (χ2n) is 3.89. The van der Waals surface area contributed by atoms with Crippen LogP contribution in [-0.4, -0.2) is 14.3 Å². The summed E-state index contributed by atoms with van der Waals surface area (Å²) in [4.78, 5) is 0.0110. The Labute approximate surface area is 126 Å². The quantitative estimate of drug-likeness (QED) is 0.695. The van der Waals surface area contributed by atoms with Crippen LogP contribution in [0.1, 0.15) is 5.56 Å². The summed E-state index contributed by atoms with van der Waals surface area (Å²) >= 11 is 11.7. The van der Waals surface area contributed by atoms with Crippen molar-refractivity contribution in [1.29, 1.82) is 0 Å². The van der Waals surface area contributed by atoms with Gasteiger partial charge >= 0.3 is 0 Å². The van der Waals surface area contributed by atoms with Gasteiger partial charge in [0.25, 0.3) is 10.0 Å². The highest BCUT2D eigenvalue weighted by molar-refractivity contribution is 7.90. The van der Waals surface area contributed by atoms with Crippen LogP contribution in [0.15, 0.2) is 57.8 Å². The molecule has 0 unspecified atom stereocenters. The molecule has 0 amide bonds. The molecule has 0 spiro atoms. The number of hydrogen-bond acceptors (Lipinski definition) is 2. The van der Waals surface area contributed by atoms with Gasteiger partial charge in [0, 0.05) is 10.6 Å². The molecule has 104 valence electrons. The minimum absolute atomic E-state index is 0.0110. The number of sulfonamides is 1. The van der Waals surface area contributed by atoms with Crippen molar-refractivity contribution in [2.75, 3.05) is 0 Å². The third kappa shape index (κ3) is 3.30. The average molecular weight is 329 g/mol. The molecule has 2 rings (SSSR count). The summed E-state index contributed by atoms with van der Waals surface area (Å²) in [7, 11) is -3.90. The number of nitrogens with zero attached hydrogens (tertiary/aromatic N) is 1. The highest BCUT2D eigenvalue weighted by Gasteiger charge is 2.15. The predicted octanol–water partition coefficient (Wildman–Crippen LogP) is 3.09. The second kappa shape index (κ2) is 5.83. The smallest absolute Gasteiger partial charge is 0.284 e. The molecule has 0 saturated heterocycles. The van der Waals surface area contributed by atoms with Crippen LogP contribution in [0.5, 0.6) is 0 Å². The second-order valence-corrected chi connectivity index (χ2v) is 6.33. The van der Waals surface area contributed by atoms with Crippen LogP contribution in [0.4, 0.5) is 0 Å². The molecule has 0 heterocycles. The lowest BCUT2D eigenvalue weighted by Gasteiger charge is -2.04. The van der Waals surface area contributed by atoms with Crippen molar-refractivity contribution in [3.05, 3.63) is 64.1 Å². The van der Waals surface area contributed by atoms with Crippen LogP contribution >= 0.6 is 23.2 Å². The largest absolute Gasteiger partial charge is 0.382 e. The molecule has 0 aromatic heterocycles. The fourth-order valence-corrected chi connectivity index (χ4v) is 2.81. The van der Waals surface area contributed by atoms with Crippen LogP contribution in [-0.2, 0) is 10.0 Å². The van der Waals surface area contributed by atoms with E-state index in [0.717, 1.165) is 0 Å². The Balaban J connectivity index is 2.43. The van der Waals surface area contributed by atoms with Crippen LogP contribution < -0.4 is 5.73 Å². The van der Waals surface area contributed by atoms with Gasteiger partial charge in [0.2, 0.25) is 0 Å². The molecule has 0 aliphatic heterocycles. The highest BCUT2D eigenvalue weighted by atomic mass is 35.5. The summed E-state index contributed by atoms with van der Waals surface area (Å²) in [5, 5.41) is 0.770. The van der Waals surface area contributed by atoms with E-state index in [1.54, 1.807) is 24.3 Å². The summed E-state index contributed by atoms with van der Waals surface area (Å²) in [5.74, 6) is -0.162. The molecule has 0 fully saturated rings. The van der Waals surface area contributed by atoms with E-state index in [1.807, 2.05) is 0 Å². The monoisotopic (exact) mass is 328 g/mol. The summed E-state index contributed by atoms with van der Waals surface area (Å²) < 4.78 is 27.7. The molecule has 0 atom stereocenters. The van der Waals surface area contributed by atoms with Gasteiger partial charge in [0.05, 0.1) is 9.92 Å². The number of hydrogen-bond donors (Lipinski definition) is 1. The van der Waals surface area contributed by atoms with Crippen LogP contribution in [0, 0.1) is 0 Å². The van der Waals surface area contributed by atoms with Gasteiger partial charge in [-0.15, -0.1) is 4.40 Å². The first-order chi connectivity index (χ1) is 9.40. The van der Waals surface area contributed by atoms with Gasteiger partial charge < -0.3 is 5.73 Å². The topological polar surface area (TPSA) is 72.5 Å². The Hall–Kier alpha value is -1.56. The van der Waals surface area contributed by atoms with Crippen molar-refractivity contribution in [3.63, 3.8) is 0 Å². The molecule has 2 N–H and O–H groups in total. The molecule has 2 aromatic rings. The first kappa shape index (κ1) is 14.8. The third-order valence-electron chi connectivity index (χ3n) is 2.48. The molecule has 4 nitrogen and oxygen atoms in total. The normalized spacial score (nSPS) is 12.4. The number of rotatable bonds is 3. The third-order valence-corrected chi connectivity index (χ3v) is 4.37. The zero-order valence-electron chi connectivity index (χ0n) is 10.1. The fraction of sp³-hybridized carbons (Fsp3) is 0. The van der Waals surface area contributed by atoms with E-state index >= 15 is 0 Å². The minimum Gasteiger partial charge on any atom is -0.382 e. The van der Waals surface area contributed by atoms with Crippen molar-refractivity contribution in [1.82, 2.24) is 0 Å². The Morgan fingerprint density at radius 1 is 1.00 bits per heavy atom. The van der Waals surface area contributed by atoms with E-state index in [0.29, 0.717) is 15.6 Å². The molecule has 0 radical (unpaired) electrons. The summed E-state index contributed by atoms with van der Waals surface area (Å²) in [5.41, 5.74) is 6.08. The van der Waals surface area contributed by atoms with Gasteiger partial charge in [0.1, 0.15) is 5.84 Å². The average Bonchev–Trinajstić information content (AvgIpc) is 2.39. The predicted molar refractivity (Wildman–Crippen MR) is 80.8 cm³/mol. The molecule has 7 heteroatoms. The molecule has 0 bridgehead atoms. The lowest BCUT2D eigenvalue weighted by atomic mass is 10.2. The first-order valence-electron chi connectivity index (χ1n) is 5.51. The van der Waals surface area contributed by atoms with Crippen molar-refractivity contribution in [2.45, 2.75) is 4.90 Å². The maximum absolute atomic E-state index is 12.1. The molecular formula is C13H10Cl2N2O2S. The van der Waals surface area contributed by atoms with Gasteiger partial charge in [-0.25, -0.2) is 0 Å². The molecule has 0 saturated carbocycles. The van der Waals surface area contributed by atoms with Gasteiger partial charge in [-0.05, 0) is 36.4 Å². The van der Waals surface area contributed by atoms with E-state index in [9.17, 15) is 8.42 Å². The van der Waals surface area contributed by atoms with Crippen molar-refractivity contribution >= 4 is 39.1 Å². The molecule has 20 heavy (non-hydrogen) atoms. The van der Waals surface area contributed by atoms with E-state index in [-0.39, 0.29) is 10.7 Å².